The van der Waals surface area contributed by atoms with Gasteiger partial charge in [0.1, 0.15) is 17.3 Å². The first-order valence-electron chi connectivity index (χ1n) is 12.7. The Kier molecular flexibility index (Phi) is 6.49. The molecule has 0 aliphatic carbocycles. The van der Waals surface area contributed by atoms with Crippen molar-refractivity contribution in [1.82, 2.24) is 29.2 Å². The molecule has 3 aliphatic rings. The van der Waals surface area contributed by atoms with Gasteiger partial charge in [-0.25, -0.2) is 9.37 Å². The van der Waals surface area contributed by atoms with Gasteiger partial charge in [0.05, 0.1) is 55.6 Å². The Morgan fingerprint density at radius 3 is 3.00 bits per heavy atom. The summed E-state index contributed by atoms with van der Waals surface area (Å²) in [6.07, 6.45) is 12.6. The Labute approximate surface area is 218 Å². The lowest BCUT2D eigenvalue weighted by Gasteiger charge is -2.35. The van der Waals surface area contributed by atoms with Crippen LogP contribution in [-0.4, -0.2) is 65.6 Å². The molecule has 6 heterocycles. The van der Waals surface area contributed by atoms with Crippen LogP contribution in [0.5, 0.6) is 0 Å². The quantitative estimate of drug-likeness (QED) is 0.357. The zero-order valence-corrected chi connectivity index (χ0v) is 20.8. The van der Waals surface area contributed by atoms with Gasteiger partial charge in [0.15, 0.2) is 11.6 Å². The molecule has 1 saturated heterocycles. The SMILES string of the molecule is O=C1Cc2nc(C(=O)CN3CCCCC3Cn3cc(C4=NC=C(F)C=C=C4)cn3)c(-c3ccccn3)n2C1. The van der Waals surface area contributed by atoms with Gasteiger partial charge in [0, 0.05) is 36.2 Å². The van der Waals surface area contributed by atoms with Gasteiger partial charge in [-0.05, 0) is 31.5 Å². The second-order valence-electron chi connectivity index (χ2n) is 9.72. The van der Waals surface area contributed by atoms with Gasteiger partial charge in [-0.15, -0.1) is 5.73 Å². The number of halogens is 1. The van der Waals surface area contributed by atoms with E-state index < -0.39 is 5.83 Å². The maximum Gasteiger partial charge on any atom is 0.197 e. The van der Waals surface area contributed by atoms with Gasteiger partial charge in [-0.3, -0.25) is 29.1 Å². The van der Waals surface area contributed by atoms with Gasteiger partial charge < -0.3 is 4.57 Å². The lowest BCUT2D eigenvalue weighted by Crippen LogP contribution is -2.45. The van der Waals surface area contributed by atoms with Crippen LogP contribution in [0.4, 0.5) is 4.39 Å². The summed E-state index contributed by atoms with van der Waals surface area (Å²) in [5.41, 5.74) is 5.78. The molecule has 0 amide bonds. The number of carbonyl (C=O) groups excluding carboxylic acids is 2. The van der Waals surface area contributed by atoms with Crippen LogP contribution in [0, 0.1) is 0 Å². The van der Waals surface area contributed by atoms with E-state index in [1.807, 2.05) is 33.6 Å². The Morgan fingerprint density at radius 1 is 1.21 bits per heavy atom. The topological polar surface area (TPSA) is 98.3 Å². The summed E-state index contributed by atoms with van der Waals surface area (Å²) in [4.78, 5) is 41.1. The number of pyridine rings is 1. The number of ketones is 2. The normalized spacial score (nSPS) is 19.3. The van der Waals surface area contributed by atoms with Gasteiger partial charge >= 0.3 is 0 Å². The first kappa shape index (κ1) is 24.1. The van der Waals surface area contributed by atoms with Crippen molar-refractivity contribution in [2.24, 2.45) is 4.99 Å². The molecule has 6 rings (SSSR count). The molecule has 1 unspecified atom stereocenters. The maximum absolute atomic E-state index is 13.6. The summed E-state index contributed by atoms with van der Waals surface area (Å²) in [5.74, 6) is 0.178. The molecule has 38 heavy (non-hydrogen) atoms. The first-order chi connectivity index (χ1) is 18.5. The van der Waals surface area contributed by atoms with Crippen molar-refractivity contribution in [3.63, 3.8) is 0 Å². The maximum atomic E-state index is 13.6. The number of rotatable bonds is 7. The lowest BCUT2D eigenvalue weighted by molar-refractivity contribution is -0.117. The van der Waals surface area contributed by atoms with Crippen LogP contribution in [0.15, 0.2) is 71.7 Å². The van der Waals surface area contributed by atoms with Crippen LogP contribution < -0.4 is 0 Å². The van der Waals surface area contributed by atoms with Gasteiger partial charge in [0.2, 0.25) is 0 Å². The molecule has 0 saturated carbocycles. The summed E-state index contributed by atoms with van der Waals surface area (Å²) in [5, 5.41) is 4.50. The van der Waals surface area contributed by atoms with E-state index in [0.29, 0.717) is 35.2 Å². The van der Waals surface area contributed by atoms with E-state index in [4.69, 9.17) is 0 Å². The zero-order valence-electron chi connectivity index (χ0n) is 20.8. The minimum atomic E-state index is -0.452. The van der Waals surface area contributed by atoms with Gasteiger partial charge in [-0.2, -0.15) is 5.10 Å². The van der Waals surface area contributed by atoms with E-state index in [2.05, 4.69) is 30.7 Å². The number of carbonyl (C=O) groups is 2. The molecular formula is C28H26FN7O2. The van der Waals surface area contributed by atoms with E-state index >= 15 is 0 Å². The average molecular weight is 512 g/mol. The fourth-order valence-corrected chi connectivity index (χ4v) is 5.28. The van der Waals surface area contributed by atoms with Crippen LogP contribution in [0.25, 0.3) is 11.4 Å². The van der Waals surface area contributed by atoms with Gasteiger partial charge in [0.25, 0.3) is 0 Å². The Hall–Kier alpha value is -4.27. The van der Waals surface area contributed by atoms with Crippen LogP contribution in [0.3, 0.4) is 0 Å². The molecule has 3 aromatic rings. The molecule has 10 heteroatoms. The highest BCUT2D eigenvalue weighted by atomic mass is 19.1. The second kappa shape index (κ2) is 10.2. The number of piperidine rings is 1. The number of nitrogens with zero attached hydrogens (tertiary/aromatic N) is 7. The number of aliphatic imine (C=N–C) groups is 1. The minimum Gasteiger partial charge on any atom is -0.318 e. The van der Waals surface area contributed by atoms with Crippen molar-refractivity contribution in [1.29, 1.82) is 0 Å². The number of hydrogen-bond donors (Lipinski definition) is 0. The molecule has 0 bridgehead atoms. The van der Waals surface area contributed by atoms with E-state index in [1.54, 1.807) is 18.5 Å². The van der Waals surface area contributed by atoms with E-state index in [9.17, 15) is 14.0 Å². The standard InChI is InChI=1S/C28H26FN7O2/c29-20-6-5-9-23(31-14-20)19-13-32-35(15-19)16-21-7-2-4-11-34(21)18-25(38)27-28(24-8-1-3-10-30-24)36-17-22(37)12-26(36)33-27/h1,3,6,8-10,13-15,21H,2,4,7,11-12,16-18H2. The molecule has 3 aliphatic heterocycles. The summed E-state index contributed by atoms with van der Waals surface area (Å²) in [6.45, 7) is 1.87. The molecule has 192 valence electrons. The fraction of sp³-hybridized carbons (Fsp3) is 0.321. The van der Waals surface area contributed by atoms with E-state index in [1.165, 1.54) is 12.3 Å². The number of Topliss-reactive ketones (excluding diaryl/α,β-unsaturated/α-hetero) is 2. The molecule has 3 aromatic heterocycles. The Balaban J connectivity index is 1.21. The van der Waals surface area contributed by atoms with Gasteiger partial charge in [-0.1, -0.05) is 12.5 Å². The largest absolute Gasteiger partial charge is 0.318 e. The fourth-order valence-electron chi connectivity index (χ4n) is 5.28. The number of aromatic nitrogens is 5. The Bertz CT molecular complexity index is 1530. The number of hydrogen-bond acceptors (Lipinski definition) is 7. The molecular weight excluding hydrogens is 485 g/mol. The number of likely N-dealkylation sites (tertiary alicyclic amines) is 1. The highest BCUT2D eigenvalue weighted by Crippen LogP contribution is 2.28. The molecule has 0 radical (unpaired) electrons. The van der Waals surface area contributed by atoms with Crippen LogP contribution in [-0.2, 0) is 24.3 Å². The summed E-state index contributed by atoms with van der Waals surface area (Å²) >= 11 is 0. The predicted molar refractivity (Wildman–Crippen MR) is 138 cm³/mol. The van der Waals surface area contributed by atoms with Crippen molar-refractivity contribution < 1.29 is 14.0 Å². The number of imidazole rings is 1. The molecule has 0 spiro atoms. The van der Waals surface area contributed by atoms with E-state index in [0.717, 1.165) is 31.4 Å². The van der Waals surface area contributed by atoms with E-state index in [-0.39, 0.29) is 37.1 Å². The number of allylic oxidation sites excluding steroid dienone is 2. The molecule has 1 atom stereocenters. The average Bonchev–Trinajstić information content (AvgIpc) is 3.57. The van der Waals surface area contributed by atoms with Crippen molar-refractivity contribution in [2.45, 2.75) is 44.8 Å². The van der Waals surface area contributed by atoms with Crippen LogP contribution in [0.1, 0.15) is 41.1 Å². The number of fused-ring (bicyclic) bond motifs is 1. The van der Waals surface area contributed by atoms with Crippen molar-refractivity contribution in [2.75, 3.05) is 13.1 Å². The highest BCUT2D eigenvalue weighted by Gasteiger charge is 2.32. The zero-order chi connectivity index (χ0) is 26.1. The van der Waals surface area contributed by atoms with Crippen molar-refractivity contribution in [3.05, 3.63) is 83.8 Å². The predicted octanol–water partition coefficient (Wildman–Crippen LogP) is 3.33. The first-order valence-corrected chi connectivity index (χ1v) is 12.7. The van der Waals surface area contributed by atoms with Crippen molar-refractivity contribution >= 4 is 17.3 Å². The third kappa shape index (κ3) is 4.83. The highest BCUT2D eigenvalue weighted by molar-refractivity contribution is 6.08. The minimum absolute atomic E-state index is 0.0772. The monoisotopic (exact) mass is 511 g/mol. The summed E-state index contributed by atoms with van der Waals surface area (Å²) in [6, 6.07) is 5.65. The molecule has 0 N–H and O–H groups in total. The van der Waals surface area contributed by atoms with Crippen molar-refractivity contribution in [3.8, 4) is 11.4 Å². The molecule has 1 fully saturated rings. The summed E-state index contributed by atoms with van der Waals surface area (Å²) in [7, 11) is 0. The third-order valence-corrected chi connectivity index (χ3v) is 7.10. The van der Waals surface area contributed by atoms with Crippen LogP contribution >= 0.6 is 0 Å². The molecule has 0 aromatic carbocycles. The third-order valence-electron chi connectivity index (χ3n) is 7.10. The smallest absolute Gasteiger partial charge is 0.197 e. The second-order valence-corrected chi connectivity index (χ2v) is 9.72. The summed E-state index contributed by atoms with van der Waals surface area (Å²) < 4.78 is 17.1. The molecule has 9 nitrogen and oxygen atoms in total. The Morgan fingerprint density at radius 2 is 2.13 bits per heavy atom. The van der Waals surface area contributed by atoms with Crippen LogP contribution in [0.2, 0.25) is 0 Å². The lowest BCUT2D eigenvalue weighted by atomic mass is 10.0.